The molecule has 7 N–H and O–H groups in total. The first-order chi connectivity index (χ1) is 54.0. The summed E-state index contributed by atoms with van der Waals surface area (Å²) in [6, 6.07) is 23.7. The number of sulfonamides is 2. The van der Waals surface area contributed by atoms with Gasteiger partial charge < -0.3 is 44.9 Å². The zero-order chi connectivity index (χ0) is 84.1. The van der Waals surface area contributed by atoms with Gasteiger partial charge in [0, 0.05) is 101 Å². The lowest BCUT2D eigenvalue weighted by Gasteiger charge is -2.23. The fraction of sp³-hybridized carbons (Fsp3) is 0.342. The van der Waals surface area contributed by atoms with Gasteiger partial charge in [0.2, 0.25) is 20.0 Å². The summed E-state index contributed by atoms with van der Waals surface area (Å²) in [6.45, 7) is 18.2. The summed E-state index contributed by atoms with van der Waals surface area (Å²) in [5.74, 6) is -1.69. The number of anilines is 3. The minimum Gasteiger partial charge on any atom is -0.444 e. The van der Waals surface area contributed by atoms with E-state index in [1.807, 2.05) is 19.1 Å². The van der Waals surface area contributed by atoms with Crippen LogP contribution in [0.15, 0.2) is 143 Å². The summed E-state index contributed by atoms with van der Waals surface area (Å²) in [4.78, 5) is 119. The van der Waals surface area contributed by atoms with E-state index < -0.39 is 84.8 Å². The van der Waals surface area contributed by atoms with Crippen LogP contribution in [0.3, 0.4) is 0 Å². The van der Waals surface area contributed by atoms with Crippen molar-refractivity contribution in [3.05, 3.63) is 208 Å². The molecule has 608 valence electrons. The summed E-state index contributed by atoms with van der Waals surface area (Å²) >= 11 is 19.0. The van der Waals surface area contributed by atoms with Gasteiger partial charge >= 0.3 is 12.2 Å². The molecule has 39 heteroatoms. The van der Waals surface area contributed by atoms with Crippen molar-refractivity contribution in [1.82, 2.24) is 82.1 Å². The van der Waals surface area contributed by atoms with Crippen LogP contribution in [0.4, 0.5) is 27.0 Å². The molecule has 0 unspecified atom stereocenters. The number of unbranched alkanes of at least 4 members (excludes halogenated alkanes) is 1. The Morgan fingerprint density at radius 3 is 1.13 bits per heavy atom. The van der Waals surface area contributed by atoms with Gasteiger partial charge in [-0.2, -0.15) is 0 Å². The molecule has 5 amide bonds. The zero-order valence-electron chi connectivity index (χ0n) is 65.3. The van der Waals surface area contributed by atoms with Crippen molar-refractivity contribution >= 4 is 151 Å². The molecule has 0 aliphatic carbocycles. The molecule has 0 saturated carbocycles. The van der Waals surface area contributed by atoms with E-state index in [0.717, 1.165) is 34.0 Å². The van der Waals surface area contributed by atoms with Crippen LogP contribution in [0.5, 0.6) is 0 Å². The van der Waals surface area contributed by atoms with E-state index in [-0.39, 0.29) is 98.2 Å². The topological polar surface area (TPSA) is 421 Å². The molecule has 12 rings (SSSR count). The Balaban J connectivity index is 0.000000183. The average molecular weight is 1680 g/mol. The van der Waals surface area contributed by atoms with E-state index in [0.29, 0.717) is 61.2 Å². The first kappa shape index (κ1) is 86.0. The quantitative estimate of drug-likeness (QED) is 0.0367. The number of amides is 5. The molecular formula is C76H87Cl3N20O14S2. The molecule has 34 nitrogen and oxygen atoms in total. The predicted octanol–water partition coefficient (Wildman–Crippen LogP) is 10.4. The molecule has 0 saturated heterocycles. The second-order valence-electron chi connectivity index (χ2n) is 28.9. The van der Waals surface area contributed by atoms with Gasteiger partial charge in [-0.15, -0.1) is 15.3 Å². The number of likely N-dealkylation sites (N-methyl/N-ethyl adjacent to an activating group) is 2. The van der Waals surface area contributed by atoms with Crippen LogP contribution in [0.2, 0.25) is 15.1 Å². The van der Waals surface area contributed by atoms with Crippen molar-refractivity contribution in [2.45, 2.75) is 131 Å². The lowest BCUT2D eigenvalue weighted by molar-refractivity contribution is 0.0623. The van der Waals surface area contributed by atoms with Crippen LogP contribution in [0.1, 0.15) is 148 Å². The maximum Gasteiger partial charge on any atom is 0.413 e. The molecule has 0 bridgehead atoms. The average Bonchev–Trinajstić information content (AvgIpc) is 0.933. The fourth-order valence-electron chi connectivity index (χ4n) is 12.3. The van der Waals surface area contributed by atoms with Crippen molar-refractivity contribution in [2.24, 2.45) is 0 Å². The highest BCUT2D eigenvalue weighted by Crippen LogP contribution is 2.31. The predicted molar refractivity (Wildman–Crippen MR) is 440 cm³/mol. The standard InChI is InChI=1S/C27H32ClN7O6S.C27H31ClN6O4.C22H24ClN7O4S/c1-16(19-15-17-9-7-10-18(28)20(17)25(37)34(19)14-13-33(5)42(6,39)40)30-24(36)21-22(31-26(38)41-27(2,3)4)32-35-12-8-11-29-23(21)35;1-6-7-13-33-19(15-17-10-8-11-18(28)20(17)25(33)36)16(2)30-24(35)21-22(31-26(37)38-27(3,4)5)32-34-14-9-12-29-23(21)34;1-13(26-21(31)18-19(24)27-30-9-5-8-25-20(18)30)16-12-14-6-4-7-15(23)17(14)22(32)29(16)11-10-28(2)35(3,33)34/h7-12,15-16H,13-14H2,1-6H3,(H,30,36)(H,31,32,38);8-12,14-16H,6-7,13H2,1-5H3,(H,30,35)(H,31,32,37);4-9,12-13H,10-11H2,1-3H3,(H2,24,27)(H,26,31)/t2*16-;13-/m000/s1. The molecule has 0 fully saturated rings. The van der Waals surface area contributed by atoms with Gasteiger partial charge in [0.25, 0.3) is 34.4 Å². The number of rotatable bonds is 22. The number of hydrogen-bond donors (Lipinski definition) is 6. The third-order valence-corrected chi connectivity index (χ3v) is 21.6. The van der Waals surface area contributed by atoms with Crippen molar-refractivity contribution in [1.29, 1.82) is 0 Å². The summed E-state index contributed by atoms with van der Waals surface area (Å²) < 4.78 is 69.3. The van der Waals surface area contributed by atoms with Gasteiger partial charge in [-0.05, 0) is 139 Å². The third-order valence-electron chi connectivity index (χ3n) is 18.0. The molecule has 0 spiro atoms. The highest BCUT2D eigenvalue weighted by Gasteiger charge is 2.31. The molecule has 3 atom stereocenters. The molecule has 0 aliphatic heterocycles. The van der Waals surface area contributed by atoms with Crippen LogP contribution in [0.25, 0.3) is 49.3 Å². The van der Waals surface area contributed by atoms with E-state index >= 15 is 0 Å². The van der Waals surface area contributed by atoms with E-state index in [1.54, 1.807) is 164 Å². The van der Waals surface area contributed by atoms with Crippen molar-refractivity contribution in [2.75, 3.05) is 56.1 Å². The number of nitrogen functional groups attached to an aromatic ring is 1. The number of hydrogen-bond acceptors (Lipinski definition) is 21. The number of carbonyl (C=O) groups excluding carboxylic acids is 5. The number of fused-ring (bicyclic) bond motifs is 6. The number of aromatic nitrogens is 12. The van der Waals surface area contributed by atoms with Crippen molar-refractivity contribution < 1.29 is 50.3 Å². The van der Waals surface area contributed by atoms with E-state index in [9.17, 15) is 55.2 Å². The molecule has 0 radical (unpaired) electrons. The van der Waals surface area contributed by atoms with Gasteiger partial charge in [0.05, 0.1) is 61.9 Å². The normalized spacial score (nSPS) is 12.8. The SMILES string of the molecule is CCCCn1c([C@H](C)NC(=O)c2c(NC(=O)OC(C)(C)C)nn3cccnc23)cc2cccc(Cl)c2c1=O.C[C@H](NC(=O)c1c(N)nn2cccnc12)c1cc2cccc(Cl)c2c(=O)n1CCN(C)S(C)(=O)=O.C[C@H](NC(=O)c1c(NC(=O)OC(C)(C)C)nn2cccnc12)c1cc2cccc(Cl)c2c(=O)n1CCN(C)S(C)(=O)=O. The minimum absolute atomic E-state index is 0.00281. The van der Waals surface area contributed by atoms with Crippen LogP contribution in [0, 0.1) is 0 Å². The molecule has 9 aromatic heterocycles. The molecule has 0 aliphatic rings. The number of pyridine rings is 3. The van der Waals surface area contributed by atoms with Crippen molar-refractivity contribution in [3.8, 4) is 0 Å². The number of nitrogens with zero attached hydrogens (tertiary/aromatic N) is 14. The maximum atomic E-state index is 13.7. The largest absolute Gasteiger partial charge is 0.444 e. The lowest BCUT2D eigenvalue weighted by Crippen LogP contribution is -2.36. The Labute approximate surface area is 675 Å². The maximum absolute atomic E-state index is 13.7. The second kappa shape index (κ2) is 35.1. The summed E-state index contributed by atoms with van der Waals surface area (Å²) in [7, 11) is -4.11. The molecule has 115 heavy (non-hydrogen) atoms. The monoisotopic (exact) mass is 1670 g/mol. The number of benzene rings is 3. The van der Waals surface area contributed by atoms with E-state index in [4.69, 9.17) is 50.0 Å². The Hall–Kier alpha value is -11.4. The third kappa shape index (κ3) is 20.0. The highest BCUT2D eigenvalue weighted by molar-refractivity contribution is 7.88. The lowest BCUT2D eigenvalue weighted by atomic mass is 10.1. The van der Waals surface area contributed by atoms with E-state index in [1.165, 1.54) is 55.4 Å². The second-order valence-corrected chi connectivity index (χ2v) is 34.3. The first-order valence-corrected chi connectivity index (χ1v) is 40.8. The summed E-state index contributed by atoms with van der Waals surface area (Å²) in [5, 5.41) is 30.3. The minimum atomic E-state index is -3.50. The Morgan fingerprint density at radius 1 is 0.496 bits per heavy atom. The van der Waals surface area contributed by atoms with Crippen LogP contribution in [-0.2, 0) is 49.2 Å². The number of carbonyl (C=O) groups is 5. The Bertz CT molecular complexity index is 6210. The summed E-state index contributed by atoms with van der Waals surface area (Å²) in [5.41, 5.74) is 5.88. The van der Waals surface area contributed by atoms with Gasteiger partial charge in [-0.3, -0.25) is 39.4 Å². The number of nitrogens with two attached hydrogens (primary N) is 1. The Kier molecular flexibility index (Phi) is 26.3. The van der Waals surface area contributed by atoms with Gasteiger partial charge in [-0.25, -0.2) is 63.5 Å². The smallest absolute Gasteiger partial charge is 0.413 e. The number of halogens is 3. The van der Waals surface area contributed by atoms with Crippen LogP contribution < -0.4 is 49.0 Å². The molecule has 9 heterocycles. The van der Waals surface area contributed by atoms with Gasteiger partial charge in [0.15, 0.2) is 34.4 Å². The van der Waals surface area contributed by atoms with E-state index in [2.05, 4.69) is 56.8 Å². The number of ether oxygens (including phenoxy) is 2. The van der Waals surface area contributed by atoms with Crippen LogP contribution in [-0.4, -0.2) is 164 Å². The zero-order valence-corrected chi connectivity index (χ0v) is 69.2. The Morgan fingerprint density at radius 2 is 0.809 bits per heavy atom. The number of nitrogens with one attached hydrogen (secondary N) is 5. The molecule has 3 aromatic carbocycles. The fourth-order valence-corrected chi connectivity index (χ4v) is 14.0. The molecule has 12 aromatic rings. The summed E-state index contributed by atoms with van der Waals surface area (Å²) in [6.07, 6.45) is 11.7. The van der Waals surface area contributed by atoms with Crippen LogP contribution >= 0.6 is 34.8 Å². The first-order valence-electron chi connectivity index (χ1n) is 36.0. The van der Waals surface area contributed by atoms with Gasteiger partial charge in [0.1, 0.15) is 27.9 Å². The van der Waals surface area contributed by atoms with Crippen molar-refractivity contribution in [3.63, 3.8) is 0 Å². The van der Waals surface area contributed by atoms with Gasteiger partial charge in [-0.1, -0.05) is 84.5 Å². The molecular weight excluding hydrogens is 1590 g/mol. The highest BCUT2D eigenvalue weighted by atomic mass is 35.5.